The summed E-state index contributed by atoms with van der Waals surface area (Å²) >= 11 is 0. The molecule has 1 unspecified atom stereocenters. The molecule has 0 bridgehead atoms. The number of para-hydroxylation sites is 2. The fourth-order valence-electron chi connectivity index (χ4n) is 5.06. The highest BCUT2D eigenvalue weighted by Crippen LogP contribution is 2.43. The number of unbranched alkanes of at least 4 members (excludes halogenated alkanes) is 2. The number of amides is 2. The number of carbonyl (C=O) groups excluding carboxylic acids is 2. The molecule has 1 aromatic heterocycles. The monoisotopic (exact) mass is 471 g/mol. The molecule has 0 spiro atoms. The Kier molecular flexibility index (Phi) is 6.62. The lowest BCUT2D eigenvalue weighted by Crippen LogP contribution is -2.47. The molecule has 35 heavy (non-hydrogen) atoms. The van der Waals surface area contributed by atoms with E-state index in [4.69, 9.17) is 4.74 Å². The van der Waals surface area contributed by atoms with Crippen LogP contribution in [-0.4, -0.2) is 41.0 Å². The summed E-state index contributed by atoms with van der Waals surface area (Å²) < 4.78 is 7.52. The van der Waals surface area contributed by atoms with Crippen LogP contribution in [0.5, 0.6) is 5.75 Å². The number of fused-ring (bicyclic) bond motifs is 3. The minimum absolute atomic E-state index is 0.0542. The Labute approximate surface area is 207 Å². The van der Waals surface area contributed by atoms with E-state index in [1.165, 1.54) is 0 Å². The number of ether oxygens (including phenoxy) is 1. The summed E-state index contributed by atoms with van der Waals surface area (Å²) in [4.78, 5) is 30.9. The maximum absolute atomic E-state index is 14.1. The second-order valence-corrected chi connectivity index (χ2v) is 9.44. The fraction of sp³-hybridized carbons (Fsp3) is 0.379. The molecule has 1 aliphatic heterocycles. The zero-order chi connectivity index (χ0) is 24.4. The SMILES string of the molecule is CCCCCC(=O)N(CC(=O)N1c2ccccc2-n2cccc2C1c1ccc(OC)cc1)C1CC1. The fourth-order valence-corrected chi connectivity index (χ4v) is 5.06. The van der Waals surface area contributed by atoms with Crippen LogP contribution in [0.25, 0.3) is 5.69 Å². The molecule has 1 aliphatic carbocycles. The third kappa shape index (κ3) is 4.57. The molecule has 2 heterocycles. The third-order valence-corrected chi connectivity index (χ3v) is 7.03. The van der Waals surface area contributed by atoms with Crippen molar-refractivity contribution in [1.82, 2.24) is 9.47 Å². The largest absolute Gasteiger partial charge is 0.497 e. The van der Waals surface area contributed by atoms with Gasteiger partial charge >= 0.3 is 0 Å². The van der Waals surface area contributed by atoms with Crippen LogP contribution in [-0.2, 0) is 9.59 Å². The van der Waals surface area contributed by atoms with Crippen molar-refractivity contribution >= 4 is 17.5 Å². The molecule has 6 heteroatoms. The highest BCUT2D eigenvalue weighted by atomic mass is 16.5. The lowest BCUT2D eigenvalue weighted by atomic mass is 9.97. The molecular weight excluding hydrogens is 438 g/mol. The third-order valence-electron chi connectivity index (χ3n) is 7.03. The Hall–Kier alpha value is -3.54. The van der Waals surface area contributed by atoms with Crippen molar-refractivity contribution in [1.29, 1.82) is 0 Å². The van der Waals surface area contributed by atoms with Gasteiger partial charge in [0.1, 0.15) is 18.3 Å². The van der Waals surface area contributed by atoms with Crippen molar-refractivity contribution in [2.45, 2.75) is 57.5 Å². The van der Waals surface area contributed by atoms with Crippen LogP contribution in [0.1, 0.15) is 62.7 Å². The van der Waals surface area contributed by atoms with Crippen LogP contribution < -0.4 is 9.64 Å². The molecule has 3 aromatic rings. The number of benzene rings is 2. The molecule has 0 radical (unpaired) electrons. The normalized spacial score (nSPS) is 16.4. The molecule has 1 saturated carbocycles. The van der Waals surface area contributed by atoms with E-state index in [-0.39, 0.29) is 30.4 Å². The molecule has 6 nitrogen and oxygen atoms in total. The number of aromatic nitrogens is 1. The average molecular weight is 472 g/mol. The maximum atomic E-state index is 14.1. The molecule has 1 fully saturated rings. The van der Waals surface area contributed by atoms with E-state index < -0.39 is 0 Å². The maximum Gasteiger partial charge on any atom is 0.247 e. The van der Waals surface area contributed by atoms with Crippen molar-refractivity contribution < 1.29 is 14.3 Å². The van der Waals surface area contributed by atoms with Gasteiger partial charge in [-0.1, -0.05) is 44.0 Å². The zero-order valence-electron chi connectivity index (χ0n) is 20.5. The van der Waals surface area contributed by atoms with E-state index >= 15 is 0 Å². The van der Waals surface area contributed by atoms with E-state index in [2.05, 4.69) is 17.6 Å². The summed E-state index contributed by atoms with van der Waals surface area (Å²) in [6.45, 7) is 2.24. The van der Waals surface area contributed by atoms with Crippen LogP contribution in [0.4, 0.5) is 5.69 Å². The van der Waals surface area contributed by atoms with Gasteiger partial charge in [0.05, 0.1) is 24.2 Å². The first-order chi connectivity index (χ1) is 17.1. The first kappa shape index (κ1) is 23.2. The standard InChI is InChI=1S/C29H33N3O3/c1-3-4-5-12-27(33)31(22-15-16-22)20-28(34)32-25-10-7-6-9-24(25)30-19-8-11-26(30)29(32)21-13-17-23(35-2)18-14-21/h6-11,13-14,17-19,22,29H,3-5,12,15-16,20H2,1-2H3. The highest BCUT2D eigenvalue weighted by Gasteiger charge is 2.39. The van der Waals surface area contributed by atoms with Crippen molar-refractivity contribution in [2.24, 2.45) is 0 Å². The first-order valence-corrected chi connectivity index (χ1v) is 12.6. The van der Waals surface area contributed by atoms with Crippen LogP contribution in [0.2, 0.25) is 0 Å². The Morgan fingerprint density at radius 2 is 1.71 bits per heavy atom. The molecule has 0 N–H and O–H groups in total. The summed E-state index contributed by atoms with van der Waals surface area (Å²) in [5.74, 6) is 0.821. The van der Waals surface area contributed by atoms with E-state index in [0.29, 0.717) is 6.42 Å². The van der Waals surface area contributed by atoms with Crippen LogP contribution in [0.15, 0.2) is 66.9 Å². The van der Waals surface area contributed by atoms with Gasteiger partial charge in [0.25, 0.3) is 0 Å². The van der Waals surface area contributed by atoms with Gasteiger partial charge in [0.2, 0.25) is 11.8 Å². The number of anilines is 1. The summed E-state index contributed by atoms with van der Waals surface area (Å²) in [7, 11) is 1.65. The zero-order valence-corrected chi connectivity index (χ0v) is 20.5. The molecule has 2 amide bonds. The minimum Gasteiger partial charge on any atom is -0.497 e. The molecular formula is C29H33N3O3. The van der Waals surface area contributed by atoms with E-state index in [9.17, 15) is 9.59 Å². The number of methoxy groups -OCH3 is 1. The van der Waals surface area contributed by atoms with E-state index in [1.54, 1.807) is 7.11 Å². The van der Waals surface area contributed by atoms with Gasteiger partial charge in [0, 0.05) is 18.7 Å². The molecule has 0 saturated heterocycles. The van der Waals surface area contributed by atoms with Gasteiger partial charge in [-0.05, 0) is 61.2 Å². The molecule has 182 valence electrons. The van der Waals surface area contributed by atoms with Gasteiger partial charge in [-0.2, -0.15) is 0 Å². The Balaban J connectivity index is 1.51. The lowest BCUT2D eigenvalue weighted by molar-refractivity contribution is -0.136. The van der Waals surface area contributed by atoms with Gasteiger partial charge in [0.15, 0.2) is 0 Å². The summed E-state index contributed by atoms with van der Waals surface area (Å²) in [6, 6.07) is 19.9. The summed E-state index contributed by atoms with van der Waals surface area (Å²) in [6.07, 6.45) is 7.50. The van der Waals surface area contributed by atoms with Crippen molar-refractivity contribution in [3.63, 3.8) is 0 Å². The number of hydrogen-bond donors (Lipinski definition) is 0. The first-order valence-electron chi connectivity index (χ1n) is 12.6. The molecule has 5 rings (SSSR count). The van der Waals surface area contributed by atoms with Crippen molar-refractivity contribution in [3.8, 4) is 11.4 Å². The Morgan fingerprint density at radius 1 is 0.971 bits per heavy atom. The molecule has 2 aromatic carbocycles. The van der Waals surface area contributed by atoms with Gasteiger partial charge in [-0.25, -0.2) is 0 Å². The van der Waals surface area contributed by atoms with Crippen LogP contribution in [0.3, 0.4) is 0 Å². The van der Waals surface area contributed by atoms with Crippen molar-refractivity contribution in [2.75, 3.05) is 18.6 Å². The highest BCUT2D eigenvalue weighted by molar-refractivity contribution is 6.00. The van der Waals surface area contributed by atoms with Crippen molar-refractivity contribution in [3.05, 3.63) is 78.1 Å². The minimum atomic E-state index is -0.297. The Bertz CT molecular complexity index is 1200. The van der Waals surface area contributed by atoms with Crippen LogP contribution in [0, 0.1) is 0 Å². The number of carbonyl (C=O) groups is 2. The molecule has 2 aliphatic rings. The predicted octanol–water partition coefficient (Wildman–Crippen LogP) is 5.49. The van der Waals surface area contributed by atoms with Gasteiger partial charge < -0.3 is 14.2 Å². The Morgan fingerprint density at radius 3 is 2.40 bits per heavy atom. The van der Waals surface area contributed by atoms with E-state index in [1.807, 2.05) is 70.6 Å². The smallest absolute Gasteiger partial charge is 0.247 e. The van der Waals surface area contributed by atoms with Gasteiger partial charge in [-0.3, -0.25) is 14.5 Å². The van der Waals surface area contributed by atoms with E-state index in [0.717, 1.165) is 60.5 Å². The van der Waals surface area contributed by atoms with Gasteiger partial charge in [-0.15, -0.1) is 0 Å². The molecule has 1 atom stereocenters. The average Bonchev–Trinajstić information content (AvgIpc) is 3.61. The number of rotatable bonds is 9. The topological polar surface area (TPSA) is 54.8 Å². The predicted molar refractivity (Wildman–Crippen MR) is 137 cm³/mol. The quantitative estimate of drug-likeness (QED) is 0.388. The number of nitrogens with zero attached hydrogens (tertiary/aromatic N) is 3. The van der Waals surface area contributed by atoms with Crippen LogP contribution >= 0.6 is 0 Å². The summed E-state index contributed by atoms with van der Waals surface area (Å²) in [5, 5.41) is 0. The number of hydrogen-bond acceptors (Lipinski definition) is 3. The second-order valence-electron chi connectivity index (χ2n) is 9.44. The lowest BCUT2D eigenvalue weighted by Gasteiger charge is -2.39. The second kappa shape index (κ2) is 9.98. The summed E-state index contributed by atoms with van der Waals surface area (Å²) in [5.41, 5.74) is 3.85.